The Labute approximate surface area is 107 Å². The molecule has 0 aliphatic heterocycles. The van der Waals surface area contributed by atoms with Crippen molar-refractivity contribution < 1.29 is 14.6 Å². The number of methoxy groups -OCH3 is 1. The van der Waals surface area contributed by atoms with E-state index in [1.807, 2.05) is 0 Å². The third-order valence-corrected chi connectivity index (χ3v) is 3.70. The van der Waals surface area contributed by atoms with Crippen LogP contribution in [0.2, 0.25) is 0 Å². The van der Waals surface area contributed by atoms with Gasteiger partial charge in [0, 0.05) is 6.54 Å². The Balaban J connectivity index is 2.04. The second kappa shape index (κ2) is 4.88. The van der Waals surface area contributed by atoms with Gasteiger partial charge in [-0.3, -0.25) is 4.79 Å². The molecular formula is C14H19NO3. The molecule has 0 bridgehead atoms. The van der Waals surface area contributed by atoms with Gasteiger partial charge in [0.2, 0.25) is 0 Å². The summed E-state index contributed by atoms with van der Waals surface area (Å²) in [6.45, 7) is 2.82. The monoisotopic (exact) mass is 249 g/mol. The van der Waals surface area contributed by atoms with Crippen molar-refractivity contribution in [3.05, 3.63) is 23.8 Å². The topological polar surface area (TPSA) is 58.6 Å². The number of nitrogens with one attached hydrogen (secondary N) is 1. The Hall–Kier alpha value is -1.71. The fourth-order valence-corrected chi connectivity index (χ4v) is 2.22. The normalized spacial score (nSPS) is 16.8. The summed E-state index contributed by atoms with van der Waals surface area (Å²) in [5.41, 5.74) is 0.488. The minimum absolute atomic E-state index is 0.101. The van der Waals surface area contributed by atoms with Gasteiger partial charge in [0.25, 0.3) is 5.91 Å². The summed E-state index contributed by atoms with van der Waals surface area (Å²) >= 11 is 0. The Morgan fingerprint density at radius 1 is 1.50 bits per heavy atom. The van der Waals surface area contributed by atoms with E-state index in [0.29, 0.717) is 12.3 Å². The predicted octanol–water partition coefficient (Wildman–Crippen LogP) is 2.32. The van der Waals surface area contributed by atoms with Crippen LogP contribution in [-0.2, 0) is 0 Å². The lowest BCUT2D eigenvalue weighted by Crippen LogP contribution is -2.39. The molecule has 0 unspecified atom stereocenters. The fraction of sp³-hybridized carbons (Fsp3) is 0.500. The molecule has 1 fully saturated rings. The van der Waals surface area contributed by atoms with Gasteiger partial charge in [-0.25, -0.2) is 0 Å². The van der Waals surface area contributed by atoms with Crippen LogP contribution < -0.4 is 10.1 Å². The molecular weight excluding hydrogens is 230 g/mol. The molecule has 0 atom stereocenters. The lowest BCUT2D eigenvalue weighted by Gasteiger charge is -2.38. The maximum absolute atomic E-state index is 12.0. The molecule has 4 nitrogen and oxygen atoms in total. The molecule has 0 radical (unpaired) electrons. The van der Waals surface area contributed by atoms with Gasteiger partial charge in [-0.1, -0.05) is 19.4 Å². The van der Waals surface area contributed by atoms with Crippen LogP contribution in [0.5, 0.6) is 11.5 Å². The summed E-state index contributed by atoms with van der Waals surface area (Å²) in [5, 5.41) is 12.8. The number of aromatic hydroxyl groups is 1. The average molecular weight is 249 g/mol. The molecule has 1 aliphatic rings. The maximum Gasteiger partial charge on any atom is 0.255 e. The van der Waals surface area contributed by atoms with Crippen LogP contribution in [0.15, 0.2) is 18.2 Å². The van der Waals surface area contributed by atoms with Gasteiger partial charge in [-0.2, -0.15) is 0 Å². The van der Waals surface area contributed by atoms with E-state index in [4.69, 9.17) is 4.74 Å². The lowest BCUT2D eigenvalue weighted by molar-refractivity contribution is 0.0887. The molecule has 1 aromatic carbocycles. The molecule has 18 heavy (non-hydrogen) atoms. The number of ether oxygens (including phenoxy) is 1. The second-order valence-corrected chi connectivity index (χ2v) is 5.20. The van der Waals surface area contributed by atoms with Crippen molar-refractivity contribution in [2.45, 2.75) is 26.2 Å². The number of hydrogen-bond acceptors (Lipinski definition) is 3. The molecule has 1 saturated carbocycles. The van der Waals surface area contributed by atoms with E-state index in [-0.39, 0.29) is 22.6 Å². The maximum atomic E-state index is 12.0. The Bertz CT molecular complexity index is 452. The molecule has 0 spiro atoms. The van der Waals surface area contributed by atoms with Gasteiger partial charge in [-0.05, 0) is 30.4 Å². The molecule has 0 heterocycles. The fourth-order valence-electron chi connectivity index (χ4n) is 2.22. The number of benzene rings is 1. The first-order valence-electron chi connectivity index (χ1n) is 6.20. The van der Waals surface area contributed by atoms with Gasteiger partial charge < -0.3 is 15.2 Å². The molecule has 1 aliphatic carbocycles. The van der Waals surface area contributed by atoms with Crippen molar-refractivity contribution >= 4 is 5.91 Å². The number of amides is 1. The minimum atomic E-state index is -0.250. The zero-order chi connectivity index (χ0) is 13.2. The van der Waals surface area contributed by atoms with Gasteiger partial charge in [-0.15, -0.1) is 0 Å². The first kappa shape index (κ1) is 12.7. The minimum Gasteiger partial charge on any atom is -0.504 e. The highest BCUT2D eigenvalue weighted by molar-refractivity contribution is 5.97. The summed E-state index contributed by atoms with van der Waals surface area (Å²) in [5.74, 6) is -0.0340. The highest BCUT2D eigenvalue weighted by Crippen LogP contribution is 2.39. The molecule has 0 aromatic heterocycles. The average Bonchev–Trinajstić information content (AvgIpc) is 2.34. The summed E-state index contributed by atoms with van der Waals surface area (Å²) in [7, 11) is 1.46. The van der Waals surface area contributed by atoms with Crippen LogP contribution in [-0.4, -0.2) is 24.7 Å². The summed E-state index contributed by atoms with van der Waals surface area (Å²) in [4.78, 5) is 12.0. The van der Waals surface area contributed by atoms with E-state index in [9.17, 15) is 9.90 Å². The van der Waals surface area contributed by atoms with E-state index in [1.165, 1.54) is 13.5 Å². The quantitative estimate of drug-likeness (QED) is 0.861. The van der Waals surface area contributed by atoms with E-state index < -0.39 is 0 Å². The van der Waals surface area contributed by atoms with Crippen molar-refractivity contribution in [3.63, 3.8) is 0 Å². The number of rotatable bonds is 4. The lowest BCUT2D eigenvalue weighted by atomic mass is 9.70. The van der Waals surface area contributed by atoms with Crippen molar-refractivity contribution in [3.8, 4) is 11.5 Å². The highest BCUT2D eigenvalue weighted by atomic mass is 16.5. The number of phenols is 1. The number of phenolic OH excluding ortho intramolecular Hbond substituents is 1. The molecule has 0 saturated heterocycles. The van der Waals surface area contributed by atoms with Crippen LogP contribution >= 0.6 is 0 Å². The summed E-state index contributed by atoms with van der Waals surface area (Å²) in [6, 6.07) is 4.91. The zero-order valence-corrected chi connectivity index (χ0v) is 10.8. The molecule has 1 amide bonds. The molecule has 2 N–H and O–H groups in total. The molecule has 1 aromatic rings. The van der Waals surface area contributed by atoms with Crippen molar-refractivity contribution in [1.29, 1.82) is 0 Å². The number of para-hydroxylation sites is 1. The molecule has 98 valence electrons. The number of carbonyl (C=O) groups is 1. The van der Waals surface area contributed by atoms with Crippen LogP contribution in [0.1, 0.15) is 36.5 Å². The predicted molar refractivity (Wildman–Crippen MR) is 69.0 cm³/mol. The number of carbonyl (C=O) groups excluding carboxylic acids is 1. The molecule has 4 heteroatoms. The smallest absolute Gasteiger partial charge is 0.255 e. The SMILES string of the molecule is COc1cccc(C(=O)NCC2(C)CCC2)c1O. The summed E-state index contributed by atoms with van der Waals surface area (Å²) < 4.78 is 4.98. The summed E-state index contributed by atoms with van der Waals surface area (Å²) in [6.07, 6.45) is 3.53. The number of hydrogen-bond donors (Lipinski definition) is 2. The Morgan fingerprint density at radius 2 is 2.22 bits per heavy atom. The van der Waals surface area contributed by atoms with Crippen LogP contribution in [0.4, 0.5) is 0 Å². The van der Waals surface area contributed by atoms with E-state index >= 15 is 0 Å². The van der Waals surface area contributed by atoms with E-state index in [1.54, 1.807) is 18.2 Å². The van der Waals surface area contributed by atoms with Crippen LogP contribution in [0.25, 0.3) is 0 Å². The third kappa shape index (κ3) is 2.42. The first-order chi connectivity index (χ1) is 8.56. The Kier molecular flexibility index (Phi) is 3.45. The molecule has 2 rings (SSSR count). The zero-order valence-electron chi connectivity index (χ0n) is 10.8. The van der Waals surface area contributed by atoms with Crippen LogP contribution in [0, 0.1) is 5.41 Å². The standard InChI is InChI=1S/C14H19NO3/c1-14(7-4-8-14)9-15-13(17)10-5-3-6-11(18-2)12(10)16/h3,5-6,16H,4,7-9H2,1-2H3,(H,15,17). The third-order valence-electron chi connectivity index (χ3n) is 3.70. The van der Waals surface area contributed by atoms with Gasteiger partial charge in [0.05, 0.1) is 12.7 Å². The van der Waals surface area contributed by atoms with Gasteiger partial charge in [0.1, 0.15) is 0 Å². The van der Waals surface area contributed by atoms with Gasteiger partial charge in [0.15, 0.2) is 11.5 Å². The largest absolute Gasteiger partial charge is 0.504 e. The van der Waals surface area contributed by atoms with Crippen LogP contribution in [0.3, 0.4) is 0 Å². The van der Waals surface area contributed by atoms with Crippen molar-refractivity contribution in [2.24, 2.45) is 5.41 Å². The van der Waals surface area contributed by atoms with Gasteiger partial charge >= 0.3 is 0 Å². The second-order valence-electron chi connectivity index (χ2n) is 5.20. The first-order valence-corrected chi connectivity index (χ1v) is 6.20. The highest BCUT2D eigenvalue weighted by Gasteiger charge is 2.32. The van der Waals surface area contributed by atoms with E-state index in [0.717, 1.165) is 12.8 Å². The van der Waals surface area contributed by atoms with Crippen molar-refractivity contribution in [1.82, 2.24) is 5.32 Å². The Morgan fingerprint density at radius 3 is 2.78 bits per heavy atom. The van der Waals surface area contributed by atoms with Crippen molar-refractivity contribution in [2.75, 3.05) is 13.7 Å². The van der Waals surface area contributed by atoms with E-state index in [2.05, 4.69) is 12.2 Å².